The van der Waals surface area contributed by atoms with Crippen molar-refractivity contribution in [1.29, 1.82) is 0 Å². The lowest BCUT2D eigenvalue weighted by Crippen LogP contribution is -2.36. The van der Waals surface area contributed by atoms with Crippen LogP contribution in [0.3, 0.4) is 0 Å². The third-order valence-corrected chi connectivity index (χ3v) is 6.66. The van der Waals surface area contributed by atoms with Gasteiger partial charge in [0, 0.05) is 42.1 Å². The van der Waals surface area contributed by atoms with Gasteiger partial charge in [0.15, 0.2) is 0 Å². The molecule has 1 fully saturated rings. The zero-order chi connectivity index (χ0) is 21.5. The van der Waals surface area contributed by atoms with E-state index in [0.29, 0.717) is 25.9 Å². The summed E-state index contributed by atoms with van der Waals surface area (Å²) in [6.45, 7) is 1.36. The van der Waals surface area contributed by atoms with Crippen LogP contribution in [0.25, 0.3) is 0 Å². The minimum atomic E-state index is -4.46. The van der Waals surface area contributed by atoms with Crippen LogP contribution in [0.4, 0.5) is 18.9 Å². The number of hydrogen-bond donors (Lipinski definition) is 1. The molecule has 4 nitrogen and oxygen atoms in total. The third kappa shape index (κ3) is 4.04. The maximum atomic E-state index is 13.5. The van der Waals surface area contributed by atoms with E-state index >= 15 is 0 Å². The van der Waals surface area contributed by atoms with Crippen LogP contribution in [0.1, 0.15) is 48.1 Å². The van der Waals surface area contributed by atoms with E-state index in [1.54, 1.807) is 0 Å². The molecule has 1 aromatic carbocycles. The van der Waals surface area contributed by atoms with Crippen LogP contribution in [0.2, 0.25) is 5.02 Å². The van der Waals surface area contributed by atoms with E-state index in [9.17, 15) is 23.1 Å². The molecule has 0 saturated carbocycles. The van der Waals surface area contributed by atoms with Crippen molar-refractivity contribution >= 4 is 23.3 Å². The second kappa shape index (κ2) is 8.17. The first-order valence-electron chi connectivity index (χ1n) is 10.3. The number of alkyl halides is 3. The summed E-state index contributed by atoms with van der Waals surface area (Å²) in [5.74, 6) is -1.08. The number of aromatic nitrogens is 1. The average molecular weight is 441 g/mol. The Bertz CT molecular complexity index is 947. The van der Waals surface area contributed by atoms with Gasteiger partial charge in [-0.2, -0.15) is 13.2 Å². The van der Waals surface area contributed by atoms with E-state index in [1.165, 1.54) is 17.7 Å². The molecule has 1 aliphatic carbocycles. The summed E-state index contributed by atoms with van der Waals surface area (Å²) in [6.07, 6.45) is 2.42. The number of anilines is 1. The van der Waals surface area contributed by atoms with E-state index in [4.69, 9.17) is 11.6 Å². The molecule has 0 atom stereocenters. The summed E-state index contributed by atoms with van der Waals surface area (Å²) in [4.78, 5) is 13.4. The second-order valence-electron chi connectivity index (χ2n) is 8.14. The predicted octanol–water partition coefficient (Wildman–Crippen LogP) is 5.39. The van der Waals surface area contributed by atoms with E-state index in [1.807, 2.05) is 10.8 Å². The first-order chi connectivity index (χ1) is 14.3. The molecule has 8 heteroatoms. The molecule has 0 spiro atoms. The number of hydrogen-bond acceptors (Lipinski definition) is 2. The molecule has 1 aromatic heterocycles. The summed E-state index contributed by atoms with van der Waals surface area (Å²) in [7, 11) is 0. The molecule has 2 aromatic rings. The molecule has 1 aliphatic heterocycles. The molecule has 0 radical (unpaired) electrons. The molecular formula is C22H24ClF3N2O2. The van der Waals surface area contributed by atoms with Crippen molar-refractivity contribution < 1.29 is 23.1 Å². The molecule has 0 amide bonds. The quantitative estimate of drug-likeness (QED) is 0.693. The molecular weight excluding hydrogens is 417 g/mol. The number of nitrogens with zero attached hydrogens (tertiary/aromatic N) is 2. The highest BCUT2D eigenvalue weighted by molar-refractivity contribution is 6.31. The van der Waals surface area contributed by atoms with Crippen molar-refractivity contribution in [3.05, 3.63) is 51.8 Å². The normalized spacial score (nSPS) is 17.8. The Labute approximate surface area is 178 Å². The lowest BCUT2D eigenvalue weighted by Gasteiger charge is -2.32. The van der Waals surface area contributed by atoms with E-state index in [-0.39, 0.29) is 23.0 Å². The topological polar surface area (TPSA) is 45.5 Å². The van der Waals surface area contributed by atoms with Gasteiger partial charge in [-0.3, -0.25) is 4.79 Å². The van der Waals surface area contributed by atoms with Crippen molar-refractivity contribution in [2.45, 2.75) is 51.2 Å². The highest BCUT2D eigenvalue weighted by Crippen LogP contribution is 2.38. The van der Waals surface area contributed by atoms with Crippen molar-refractivity contribution in [2.24, 2.45) is 5.92 Å². The van der Waals surface area contributed by atoms with Crippen molar-refractivity contribution in [2.75, 3.05) is 18.0 Å². The lowest BCUT2D eigenvalue weighted by atomic mass is 9.94. The largest absolute Gasteiger partial charge is 0.481 e. The highest BCUT2D eigenvalue weighted by Gasteiger charge is 2.35. The fourth-order valence-electron chi connectivity index (χ4n) is 4.72. The molecule has 30 heavy (non-hydrogen) atoms. The van der Waals surface area contributed by atoms with Gasteiger partial charge >= 0.3 is 12.1 Å². The monoisotopic (exact) mass is 440 g/mol. The Balaban J connectivity index is 1.67. The summed E-state index contributed by atoms with van der Waals surface area (Å²) in [5.41, 5.74) is 2.69. The summed E-state index contributed by atoms with van der Waals surface area (Å²) >= 11 is 6.19. The summed E-state index contributed by atoms with van der Waals surface area (Å²) in [5, 5.41) is 9.36. The van der Waals surface area contributed by atoms with Crippen molar-refractivity contribution in [1.82, 2.24) is 4.57 Å². The predicted molar refractivity (Wildman–Crippen MR) is 109 cm³/mol. The van der Waals surface area contributed by atoms with Crippen LogP contribution >= 0.6 is 11.6 Å². The summed E-state index contributed by atoms with van der Waals surface area (Å²) < 4.78 is 42.6. The molecule has 0 bridgehead atoms. The van der Waals surface area contributed by atoms with Gasteiger partial charge in [-0.05, 0) is 56.2 Å². The van der Waals surface area contributed by atoms with Gasteiger partial charge in [0.05, 0.1) is 17.2 Å². The van der Waals surface area contributed by atoms with E-state index < -0.39 is 17.7 Å². The number of carboxylic acid groups (broad SMARTS) is 1. The first kappa shape index (κ1) is 21.1. The third-order valence-electron chi connectivity index (χ3n) is 6.31. The average Bonchev–Trinajstić information content (AvgIpc) is 3.07. The molecule has 2 aliphatic rings. The van der Waals surface area contributed by atoms with Crippen LogP contribution in [0.15, 0.2) is 24.4 Å². The zero-order valence-corrected chi connectivity index (χ0v) is 17.3. The molecule has 1 N–H and O–H groups in total. The molecule has 4 rings (SSSR count). The van der Waals surface area contributed by atoms with Gasteiger partial charge in [-0.1, -0.05) is 17.7 Å². The Morgan fingerprint density at radius 2 is 1.87 bits per heavy atom. The van der Waals surface area contributed by atoms with Gasteiger partial charge in [0.2, 0.25) is 0 Å². The number of benzene rings is 1. The van der Waals surface area contributed by atoms with Gasteiger partial charge in [-0.15, -0.1) is 0 Å². The van der Waals surface area contributed by atoms with Gasteiger partial charge in [0.25, 0.3) is 0 Å². The maximum Gasteiger partial charge on any atom is 0.416 e. The number of rotatable bonds is 4. The first-order valence-corrected chi connectivity index (χ1v) is 10.7. The molecule has 2 heterocycles. The number of carboxylic acids is 1. The minimum absolute atomic E-state index is 0.0719. The van der Waals surface area contributed by atoms with E-state index in [0.717, 1.165) is 43.1 Å². The van der Waals surface area contributed by atoms with Gasteiger partial charge < -0.3 is 14.6 Å². The number of fused-ring (bicyclic) bond motifs is 1. The standard InChI is InChI=1S/C22H24ClF3N2O2/c23-18-6-3-5-17(22(24,25)26)16(18)12-28-13-20(15-4-1-2-7-19(15)28)27-10-8-14(9-11-27)21(29)30/h3,5-6,13-14H,1-2,4,7-12H2,(H,29,30). The van der Waals surface area contributed by atoms with Gasteiger partial charge in [-0.25, -0.2) is 0 Å². The maximum absolute atomic E-state index is 13.5. The Morgan fingerprint density at radius 3 is 2.53 bits per heavy atom. The van der Waals surface area contributed by atoms with Crippen molar-refractivity contribution in [3.63, 3.8) is 0 Å². The van der Waals surface area contributed by atoms with Gasteiger partial charge in [0.1, 0.15) is 0 Å². The van der Waals surface area contributed by atoms with Crippen molar-refractivity contribution in [3.8, 4) is 0 Å². The van der Waals surface area contributed by atoms with Crippen LogP contribution in [-0.4, -0.2) is 28.7 Å². The van der Waals surface area contributed by atoms with E-state index in [2.05, 4.69) is 4.90 Å². The number of carbonyl (C=O) groups is 1. The summed E-state index contributed by atoms with van der Waals surface area (Å²) in [6, 6.07) is 3.91. The SMILES string of the molecule is O=C(O)C1CCN(c2cn(Cc3c(Cl)cccc3C(F)(F)F)c3c2CCCC3)CC1. The number of halogens is 4. The lowest BCUT2D eigenvalue weighted by molar-refractivity contribution is -0.142. The number of piperidine rings is 1. The minimum Gasteiger partial charge on any atom is -0.481 e. The fourth-order valence-corrected chi connectivity index (χ4v) is 4.96. The van der Waals surface area contributed by atoms with Crippen LogP contribution in [0, 0.1) is 5.92 Å². The second-order valence-corrected chi connectivity index (χ2v) is 8.55. The molecule has 0 unspecified atom stereocenters. The Morgan fingerprint density at radius 1 is 1.17 bits per heavy atom. The fraction of sp³-hybridized carbons (Fsp3) is 0.500. The van der Waals surface area contributed by atoms with Crippen LogP contribution in [0.5, 0.6) is 0 Å². The smallest absolute Gasteiger partial charge is 0.416 e. The molecule has 162 valence electrons. The Hall–Kier alpha value is -2.15. The van der Waals surface area contributed by atoms with Crippen LogP contribution < -0.4 is 4.90 Å². The highest BCUT2D eigenvalue weighted by atomic mass is 35.5. The zero-order valence-electron chi connectivity index (χ0n) is 16.5. The Kier molecular flexibility index (Phi) is 5.75. The number of aliphatic carboxylic acids is 1. The van der Waals surface area contributed by atoms with Crippen LogP contribution in [-0.2, 0) is 30.4 Å². The molecule has 1 saturated heterocycles.